The molecular formula is C12H15N3. The van der Waals surface area contributed by atoms with E-state index in [2.05, 4.69) is 22.1 Å². The zero-order chi connectivity index (χ0) is 10.3. The molecule has 3 heteroatoms. The lowest BCUT2D eigenvalue weighted by atomic mass is 9.77. The van der Waals surface area contributed by atoms with E-state index in [-0.39, 0.29) is 6.04 Å². The zero-order valence-corrected chi connectivity index (χ0v) is 8.61. The SMILES string of the molecule is NC(c1ccc2nc[nH]c2c1)C1CCC1. The van der Waals surface area contributed by atoms with Crippen molar-refractivity contribution in [2.75, 3.05) is 0 Å². The third kappa shape index (κ3) is 1.43. The van der Waals surface area contributed by atoms with Gasteiger partial charge in [-0.3, -0.25) is 0 Å². The lowest BCUT2D eigenvalue weighted by molar-refractivity contribution is 0.264. The van der Waals surface area contributed by atoms with Crippen molar-refractivity contribution in [3.8, 4) is 0 Å². The molecule has 1 aromatic heterocycles. The number of aromatic amines is 1. The molecule has 0 bridgehead atoms. The molecule has 0 spiro atoms. The van der Waals surface area contributed by atoms with Crippen molar-refractivity contribution < 1.29 is 0 Å². The molecule has 0 aliphatic heterocycles. The molecule has 3 rings (SSSR count). The fourth-order valence-electron chi connectivity index (χ4n) is 2.23. The maximum Gasteiger partial charge on any atom is 0.0931 e. The summed E-state index contributed by atoms with van der Waals surface area (Å²) in [7, 11) is 0. The van der Waals surface area contributed by atoms with Gasteiger partial charge in [0.15, 0.2) is 0 Å². The van der Waals surface area contributed by atoms with Crippen molar-refractivity contribution in [3.05, 3.63) is 30.1 Å². The molecule has 1 aromatic carbocycles. The molecule has 15 heavy (non-hydrogen) atoms. The number of hydrogen-bond acceptors (Lipinski definition) is 2. The molecule has 0 amide bonds. The van der Waals surface area contributed by atoms with Gasteiger partial charge in [-0.25, -0.2) is 4.98 Å². The maximum atomic E-state index is 6.23. The molecular weight excluding hydrogens is 186 g/mol. The van der Waals surface area contributed by atoms with Gasteiger partial charge in [-0.15, -0.1) is 0 Å². The highest BCUT2D eigenvalue weighted by Crippen LogP contribution is 2.36. The largest absolute Gasteiger partial charge is 0.345 e. The third-order valence-corrected chi connectivity index (χ3v) is 3.49. The number of aromatic nitrogens is 2. The first kappa shape index (κ1) is 8.92. The first-order chi connectivity index (χ1) is 7.34. The highest BCUT2D eigenvalue weighted by Gasteiger charge is 2.25. The third-order valence-electron chi connectivity index (χ3n) is 3.49. The molecule has 0 saturated heterocycles. The van der Waals surface area contributed by atoms with Crippen LogP contribution in [-0.4, -0.2) is 9.97 Å². The monoisotopic (exact) mass is 201 g/mol. The van der Waals surface area contributed by atoms with E-state index in [1.54, 1.807) is 6.33 Å². The number of nitrogens with one attached hydrogen (secondary N) is 1. The van der Waals surface area contributed by atoms with Crippen LogP contribution in [0.3, 0.4) is 0 Å². The fraction of sp³-hybridized carbons (Fsp3) is 0.417. The topological polar surface area (TPSA) is 54.7 Å². The second kappa shape index (κ2) is 3.35. The summed E-state index contributed by atoms with van der Waals surface area (Å²) >= 11 is 0. The summed E-state index contributed by atoms with van der Waals surface area (Å²) in [4.78, 5) is 7.32. The predicted octanol–water partition coefficient (Wildman–Crippen LogP) is 2.36. The number of nitrogens with zero attached hydrogens (tertiary/aromatic N) is 1. The smallest absolute Gasteiger partial charge is 0.0931 e. The van der Waals surface area contributed by atoms with Gasteiger partial charge in [0.25, 0.3) is 0 Å². The number of H-pyrrole nitrogens is 1. The fourth-order valence-corrected chi connectivity index (χ4v) is 2.23. The van der Waals surface area contributed by atoms with E-state index < -0.39 is 0 Å². The molecule has 1 aliphatic carbocycles. The Labute approximate surface area is 88.7 Å². The summed E-state index contributed by atoms with van der Waals surface area (Å²) < 4.78 is 0. The first-order valence-electron chi connectivity index (χ1n) is 5.53. The molecule has 1 fully saturated rings. The van der Waals surface area contributed by atoms with Crippen LogP contribution in [0.4, 0.5) is 0 Å². The summed E-state index contributed by atoms with van der Waals surface area (Å²) in [5.41, 5.74) is 9.56. The Bertz CT molecular complexity index is 470. The van der Waals surface area contributed by atoms with Gasteiger partial charge in [-0.2, -0.15) is 0 Å². The van der Waals surface area contributed by atoms with Crippen LogP contribution in [0.5, 0.6) is 0 Å². The maximum absolute atomic E-state index is 6.23. The van der Waals surface area contributed by atoms with Gasteiger partial charge >= 0.3 is 0 Å². The first-order valence-corrected chi connectivity index (χ1v) is 5.53. The van der Waals surface area contributed by atoms with Crippen LogP contribution in [0.25, 0.3) is 11.0 Å². The molecule has 1 unspecified atom stereocenters. The van der Waals surface area contributed by atoms with Crippen molar-refractivity contribution in [1.82, 2.24) is 9.97 Å². The van der Waals surface area contributed by atoms with Gasteiger partial charge in [-0.1, -0.05) is 12.5 Å². The molecule has 0 radical (unpaired) electrons. The number of nitrogens with two attached hydrogens (primary N) is 1. The number of fused-ring (bicyclic) bond motifs is 1. The second-order valence-corrected chi connectivity index (χ2v) is 4.40. The van der Waals surface area contributed by atoms with E-state index in [1.807, 2.05) is 6.07 Å². The van der Waals surface area contributed by atoms with E-state index in [9.17, 15) is 0 Å². The van der Waals surface area contributed by atoms with Crippen molar-refractivity contribution in [2.24, 2.45) is 11.7 Å². The minimum Gasteiger partial charge on any atom is -0.345 e. The second-order valence-electron chi connectivity index (χ2n) is 4.40. The number of hydrogen-bond donors (Lipinski definition) is 2. The molecule has 1 heterocycles. The summed E-state index contributed by atoms with van der Waals surface area (Å²) in [6.45, 7) is 0. The Hall–Kier alpha value is -1.35. The van der Waals surface area contributed by atoms with E-state index in [0.717, 1.165) is 11.0 Å². The normalized spacial score (nSPS) is 19.0. The molecule has 78 valence electrons. The van der Waals surface area contributed by atoms with E-state index in [0.29, 0.717) is 5.92 Å². The summed E-state index contributed by atoms with van der Waals surface area (Å²) in [6.07, 6.45) is 5.62. The van der Waals surface area contributed by atoms with E-state index >= 15 is 0 Å². The van der Waals surface area contributed by atoms with E-state index in [1.165, 1.54) is 24.8 Å². The minimum absolute atomic E-state index is 0.200. The molecule has 1 atom stereocenters. The van der Waals surface area contributed by atoms with Crippen LogP contribution < -0.4 is 5.73 Å². The van der Waals surface area contributed by atoms with Gasteiger partial charge in [0, 0.05) is 6.04 Å². The van der Waals surface area contributed by atoms with Crippen molar-refractivity contribution >= 4 is 11.0 Å². The van der Waals surface area contributed by atoms with Gasteiger partial charge in [0.1, 0.15) is 0 Å². The minimum atomic E-state index is 0.200. The van der Waals surface area contributed by atoms with Crippen LogP contribution in [0.2, 0.25) is 0 Å². The van der Waals surface area contributed by atoms with Gasteiger partial charge in [0.05, 0.1) is 17.4 Å². The quantitative estimate of drug-likeness (QED) is 0.783. The zero-order valence-electron chi connectivity index (χ0n) is 8.61. The summed E-state index contributed by atoms with van der Waals surface area (Å²) in [5, 5.41) is 0. The Morgan fingerprint density at radius 3 is 3.00 bits per heavy atom. The molecule has 2 aromatic rings. The highest BCUT2D eigenvalue weighted by molar-refractivity contribution is 5.75. The van der Waals surface area contributed by atoms with Crippen molar-refractivity contribution in [2.45, 2.75) is 25.3 Å². The number of imidazole rings is 1. The Kier molecular flexibility index (Phi) is 1.99. The van der Waals surface area contributed by atoms with Crippen LogP contribution in [-0.2, 0) is 0 Å². The van der Waals surface area contributed by atoms with Crippen molar-refractivity contribution in [3.63, 3.8) is 0 Å². The summed E-state index contributed by atoms with van der Waals surface area (Å²) in [5.74, 6) is 0.686. The molecule has 1 saturated carbocycles. The molecule has 1 aliphatic rings. The lowest BCUT2D eigenvalue weighted by Crippen LogP contribution is -2.26. The van der Waals surface area contributed by atoms with Gasteiger partial charge < -0.3 is 10.7 Å². The van der Waals surface area contributed by atoms with Crippen LogP contribution in [0.1, 0.15) is 30.9 Å². The Balaban J connectivity index is 1.95. The van der Waals surface area contributed by atoms with Crippen LogP contribution >= 0.6 is 0 Å². The molecule has 3 nitrogen and oxygen atoms in total. The van der Waals surface area contributed by atoms with E-state index in [4.69, 9.17) is 5.73 Å². The standard InChI is InChI=1S/C12H15N3/c13-12(8-2-1-3-8)9-4-5-10-11(6-9)15-7-14-10/h4-8,12H,1-3,13H2,(H,14,15). The molecule has 3 N–H and O–H groups in total. The lowest BCUT2D eigenvalue weighted by Gasteiger charge is -2.31. The van der Waals surface area contributed by atoms with Gasteiger partial charge in [-0.05, 0) is 36.5 Å². The number of rotatable bonds is 2. The average Bonchev–Trinajstić information content (AvgIpc) is 2.61. The van der Waals surface area contributed by atoms with Gasteiger partial charge in [0.2, 0.25) is 0 Å². The van der Waals surface area contributed by atoms with Crippen LogP contribution in [0.15, 0.2) is 24.5 Å². The predicted molar refractivity (Wildman–Crippen MR) is 60.4 cm³/mol. The summed E-state index contributed by atoms with van der Waals surface area (Å²) in [6, 6.07) is 6.48. The van der Waals surface area contributed by atoms with Crippen molar-refractivity contribution in [1.29, 1.82) is 0 Å². The average molecular weight is 201 g/mol. The Morgan fingerprint density at radius 1 is 1.40 bits per heavy atom. The van der Waals surface area contributed by atoms with Crippen LogP contribution in [0, 0.1) is 5.92 Å². The Morgan fingerprint density at radius 2 is 2.27 bits per heavy atom. The number of benzene rings is 1. The highest BCUT2D eigenvalue weighted by atomic mass is 14.9.